The monoisotopic (exact) mass is 390 g/mol. The van der Waals surface area contributed by atoms with Crippen LogP contribution >= 0.6 is 0 Å². The van der Waals surface area contributed by atoms with Gasteiger partial charge in [-0.05, 0) is 36.6 Å². The van der Waals surface area contributed by atoms with Crippen molar-refractivity contribution in [3.05, 3.63) is 58.2 Å². The van der Waals surface area contributed by atoms with Crippen LogP contribution in [0.4, 0.5) is 4.39 Å². The molecule has 1 heterocycles. The number of hydrogen-bond donors (Lipinski definition) is 1. The third-order valence-corrected chi connectivity index (χ3v) is 4.36. The first-order valence-corrected chi connectivity index (χ1v) is 8.73. The number of nitrogens with zero attached hydrogens (tertiary/aromatic N) is 1. The SMILES string of the molecule is CCc1[nH]c(C(=O)OCC(=O)N(C)Cc2ccc(F)cc2)c(C)c1C(=O)OC. The van der Waals surface area contributed by atoms with E-state index >= 15 is 0 Å². The highest BCUT2D eigenvalue weighted by molar-refractivity contribution is 5.99. The molecular weight excluding hydrogens is 367 g/mol. The molecule has 28 heavy (non-hydrogen) atoms. The molecule has 0 spiro atoms. The number of nitrogens with one attached hydrogen (secondary N) is 1. The van der Waals surface area contributed by atoms with Crippen molar-refractivity contribution >= 4 is 17.8 Å². The van der Waals surface area contributed by atoms with Gasteiger partial charge in [0.2, 0.25) is 0 Å². The van der Waals surface area contributed by atoms with E-state index in [9.17, 15) is 18.8 Å². The van der Waals surface area contributed by atoms with Gasteiger partial charge in [0.25, 0.3) is 5.91 Å². The van der Waals surface area contributed by atoms with Crippen molar-refractivity contribution in [2.24, 2.45) is 0 Å². The minimum absolute atomic E-state index is 0.117. The van der Waals surface area contributed by atoms with E-state index in [2.05, 4.69) is 4.98 Å². The maximum absolute atomic E-state index is 12.9. The molecule has 0 aliphatic rings. The summed E-state index contributed by atoms with van der Waals surface area (Å²) in [5.74, 6) is -2.04. The van der Waals surface area contributed by atoms with Gasteiger partial charge in [0, 0.05) is 19.3 Å². The Hall–Kier alpha value is -3.16. The number of ether oxygens (including phenoxy) is 2. The van der Waals surface area contributed by atoms with E-state index in [0.29, 0.717) is 23.2 Å². The van der Waals surface area contributed by atoms with Gasteiger partial charge in [-0.25, -0.2) is 14.0 Å². The fourth-order valence-corrected chi connectivity index (χ4v) is 2.77. The molecule has 7 nitrogen and oxygen atoms in total. The molecule has 1 aromatic heterocycles. The summed E-state index contributed by atoms with van der Waals surface area (Å²) in [4.78, 5) is 40.7. The first-order chi connectivity index (χ1) is 13.3. The van der Waals surface area contributed by atoms with Crippen LogP contribution in [0.2, 0.25) is 0 Å². The summed E-state index contributed by atoms with van der Waals surface area (Å²) >= 11 is 0. The normalized spacial score (nSPS) is 10.5. The minimum Gasteiger partial charge on any atom is -0.465 e. The number of hydrogen-bond acceptors (Lipinski definition) is 5. The average Bonchev–Trinajstić information content (AvgIpc) is 3.03. The molecule has 0 aliphatic carbocycles. The molecular formula is C20H23FN2O5. The van der Waals surface area contributed by atoms with Crippen molar-refractivity contribution in [3.8, 4) is 0 Å². The van der Waals surface area contributed by atoms with Crippen LogP contribution in [0.25, 0.3) is 0 Å². The number of carbonyl (C=O) groups is 3. The number of likely N-dealkylation sites (N-methyl/N-ethyl adjacent to an activating group) is 1. The highest BCUT2D eigenvalue weighted by Crippen LogP contribution is 2.21. The predicted molar refractivity (Wildman–Crippen MR) is 99.4 cm³/mol. The first kappa shape index (κ1) is 21.1. The van der Waals surface area contributed by atoms with Gasteiger partial charge in [-0.15, -0.1) is 0 Å². The standard InChI is InChI=1S/C20H23FN2O5/c1-5-15-17(19(25)27-4)12(2)18(22-15)20(26)28-11-16(24)23(3)10-13-6-8-14(21)9-7-13/h6-9,22H,5,10-11H2,1-4H3. The summed E-state index contributed by atoms with van der Waals surface area (Å²) in [5, 5.41) is 0. The van der Waals surface area contributed by atoms with E-state index in [1.54, 1.807) is 26.1 Å². The van der Waals surface area contributed by atoms with Crippen LogP contribution < -0.4 is 0 Å². The lowest BCUT2D eigenvalue weighted by Crippen LogP contribution is -2.31. The summed E-state index contributed by atoms with van der Waals surface area (Å²) in [6, 6.07) is 5.78. The first-order valence-electron chi connectivity index (χ1n) is 8.73. The van der Waals surface area contributed by atoms with Crippen LogP contribution in [0.1, 0.15) is 44.6 Å². The molecule has 150 valence electrons. The second kappa shape index (κ2) is 9.16. The highest BCUT2D eigenvalue weighted by atomic mass is 19.1. The number of carbonyl (C=O) groups excluding carboxylic acids is 3. The Morgan fingerprint density at radius 2 is 1.79 bits per heavy atom. The Morgan fingerprint density at radius 3 is 2.36 bits per heavy atom. The van der Waals surface area contributed by atoms with Gasteiger partial charge in [0.15, 0.2) is 6.61 Å². The van der Waals surface area contributed by atoms with Crippen LogP contribution in [0, 0.1) is 12.7 Å². The quantitative estimate of drug-likeness (QED) is 0.734. The molecule has 0 saturated heterocycles. The number of aryl methyl sites for hydroxylation is 1. The van der Waals surface area contributed by atoms with E-state index in [-0.39, 0.29) is 18.1 Å². The van der Waals surface area contributed by atoms with Crippen LogP contribution in [0.5, 0.6) is 0 Å². The van der Waals surface area contributed by atoms with Gasteiger partial charge >= 0.3 is 11.9 Å². The molecule has 0 bridgehead atoms. The average molecular weight is 390 g/mol. The van der Waals surface area contributed by atoms with E-state index in [4.69, 9.17) is 9.47 Å². The van der Waals surface area contributed by atoms with Gasteiger partial charge < -0.3 is 19.4 Å². The largest absolute Gasteiger partial charge is 0.465 e. The van der Waals surface area contributed by atoms with Crippen LogP contribution in [-0.2, 0) is 27.2 Å². The van der Waals surface area contributed by atoms with Gasteiger partial charge in [-0.3, -0.25) is 4.79 Å². The van der Waals surface area contributed by atoms with E-state index in [0.717, 1.165) is 5.56 Å². The molecule has 0 radical (unpaired) electrons. The molecule has 2 aromatic rings. The van der Waals surface area contributed by atoms with Crippen molar-refractivity contribution < 1.29 is 28.2 Å². The van der Waals surface area contributed by atoms with Crippen molar-refractivity contribution in [2.75, 3.05) is 20.8 Å². The Kier molecular flexibility index (Phi) is 6.92. The Morgan fingerprint density at radius 1 is 1.14 bits per heavy atom. The smallest absolute Gasteiger partial charge is 0.355 e. The van der Waals surface area contributed by atoms with E-state index in [1.165, 1.54) is 24.1 Å². The van der Waals surface area contributed by atoms with Crippen molar-refractivity contribution in [2.45, 2.75) is 26.8 Å². The molecule has 0 atom stereocenters. The topological polar surface area (TPSA) is 88.7 Å². The molecule has 0 saturated carbocycles. The zero-order valence-electron chi connectivity index (χ0n) is 16.3. The number of esters is 2. The lowest BCUT2D eigenvalue weighted by molar-refractivity contribution is -0.133. The van der Waals surface area contributed by atoms with Gasteiger partial charge in [-0.1, -0.05) is 19.1 Å². The summed E-state index contributed by atoms with van der Waals surface area (Å²) in [5.41, 5.74) is 2.15. The Balaban J connectivity index is 2.01. The van der Waals surface area contributed by atoms with Crippen LogP contribution in [-0.4, -0.2) is 48.5 Å². The lowest BCUT2D eigenvalue weighted by atomic mass is 10.1. The maximum atomic E-state index is 12.9. The van der Waals surface area contributed by atoms with Crippen molar-refractivity contribution in [1.82, 2.24) is 9.88 Å². The molecule has 0 fully saturated rings. The van der Waals surface area contributed by atoms with Gasteiger partial charge in [0.05, 0.1) is 12.7 Å². The number of methoxy groups -OCH3 is 1. The zero-order valence-corrected chi connectivity index (χ0v) is 16.3. The van der Waals surface area contributed by atoms with Crippen LogP contribution in [0.15, 0.2) is 24.3 Å². The lowest BCUT2D eigenvalue weighted by Gasteiger charge is -2.17. The van der Waals surface area contributed by atoms with Crippen molar-refractivity contribution in [1.29, 1.82) is 0 Å². The number of aromatic amines is 1. The third kappa shape index (κ3) is 4.76. The molecule has 1 amide bonds. The summed E-state index contributed by atoms with van der Waals surface area (Å²) in [7, 11) is 2.83. The van der Waals surface area contributed by atoms with Crippen LogP contribution in [0.3, 0.4) is 0 Å². The summed E-state index contributed by atoms with van der Waals surface area (Å²) in [6.07, 6.45) is 0.498. The fourth-order valence-electron chi connectivity index (χ4n) is 2.77. The van der Waals surface area contributed by atoms with Gasteiger partial charge in [0.1, 0.15) is 11.5 Å². The third-order valence-electron chi connectivity index (χ3n) is 4.36. The minimum atomic E-state index is -0.731. The van der Waals surface area contributed by atoms with E-state index in [1.807, 2.05) is 6.92 Å². The second-order valence-corrected chi connectivity index (χ2v) is 6.28. The molecule has 2 rings (SSSR count). The number of H-pyrrole nitrogens is 1. The summed E-state index contributed by atoms with van der Waals surface area (Å²) in [6.45, 7) is 3.25. The molecule has 8 heteroatoms. The molecule has 0 unspecified atom stereocenters. The Labute approximate surface area is 162 Å². The number of amides is 1. The van der Waals surface area contributed by atoms with Gasteiger partial charge in [-0.2, -0.15) is 0 Å². The number of halogens is 1. The van der Waals surface area contributed by atoms with Crippen molar-refractivity contribution in [3.63, 3.8) is 0 Å². The molecule has 0 aliphatic heterocycles. The number of benzene rings is 1. The highest BCUT2D eigenvalue weighted by Gasteiger charge is 2.25. The fraction of sp³-hybridized carbons (Fsp3) is 0.350. The second-order valence-electron chi connectivity index (χ2n) is 6.28. The number of rotatable bonds is 7. The molecule has 1 N–H and O–H groups in total. The maximum Gasteiger partial charge on any atom is 0.355 e. The zero-order chi connectivity index (χ0) is 20.8. The molecule has 1 aromatic carbocycles. The Bertz CT molecular complexity index is 873. The number of aromatic nitrogens is 1. The predicted octanol–water partition coefficient (Wildman–Crippen LogP) is 2.63. The van der Waals surface area contributed by atoms with E-state index < -0.39 is 24.5 Å². The summed E-state index contributed by atoms with van der Waals surface area (Å²) < 4.78 is 22.8.